The van der Waals surface area contributed by atoms with E-state index >= 15 is 0 Å². The quantitative estimate of drug-likeness (QED) is 0.904. The predicted octanol–water partition coefficient (Wildman–Crippen LogP) is 3.16. The maximum absolute atomic E-state index is 13.2. The van der Waals surface area contributed by atoms with Gasteiger partial charge < -0.3 is 15.2 Å². The van der Waals surface area contributed by atoms with Crippen molar-refractivity contribution >= 4 is 16.9 Å². The third-order valence-corrected chi connectivity index (χ3v) is 3.50. The molecule has 0 aliphatic heterocycles. The van der Waals surface area contributed by atoms with Crippen LogP contribution in [-0.4, -0.2) is 23.3 Å². The lowest BCUT2D eigenvalue weighted by Gasteiger charge is -2.35. The molecular formula is C15H14FNO3. The van der Waals surface area contributed by atoms with E-state index in [2.05, 4.69) is 5.32 Å². The first-order valence-electron chi connectivity index (χ1n) is 6.45. The monoisotopic (exact) mass is 275 g/mol. The van der Waals surface area contributed by atoms with Gasteiger partial charge in [-0.05, 0) is 35.0 Å². The van der Waals surface area contributed by atoms with Gasteiger partial charge in [-0.2, -0.15) is 0 Å². The predicted molar refractivity (Wildman–Crippen MR) is 72.5 cm³/mol. The summed E-state index contributed by atoms with van der Waals surface area (Å²) in [7, 11) is 0. The van der Waals surface area contributed by atoms with Crippen molar-refractivity contribution in [3.05, 3.63) is 42.2 Å². The zero-order valence-corrected chi connectivity index (χ0v) is 10.7. The van der Waals surface area contributed by atoms with Crippen LogP contribution in [0.1, 0.15) is 12.8 Å². The number of hydrogen-bond donors (Lipinski definition) is 2. The van der Waals surface area contributed by atoms with Gasteiger partial charge in [-0.3, -0.25) is 0 Å². The van der Waals surface area contributed by atoms with Crippen molar-refractivity contribution in [3.63, 3.8) is 0 Å². The highest BCUT2D eigenvalue weighted by atomic mass is 19.1. The van der Waals surface area contributed by atoms with Gasteiger partial charge in [-0.1, -0.05) is 12.1 Å². The van der Waals surface area contributed by atoms with Gasteiger partial charge >= 0.3 is 6.09 Å². The Morgan fingerprint density at radius 3 is 2.70 bits per heavy atom. The van der Waals surface area contributed by atoms with Crippen molar-refractivity contribution in [2.24, 2.45) is 0 Å². The molecule has 0 bridgehead atoms. The van der Waals surface area contributed by atoms with Crippen molar-refractivity contribution < 1.29 is 19.0 Å². The SMILES string of the molecule is O=C(O)N[C@H]1C[C@H](Oc2ccc3ccc(F)cc3c2)C1. The summed E-state index contributed by atoms with van der Waals surface area (Å²) >= 11 is 0. The molecule has 0 spiro atoms. The molecule has 2 N–H and O–H groups in total. The normalized spacial score (nSPS) is 21.2. The van der Waals surface area contributed by atoms with E-state index < -0.39 is 6.09 Å². The number of nitrogens with one attached hydrogen (secondary N) is 1. The fourth-order valence-electron chi connectivity index (χ4n) is 2.42. The lowest BCUT2D eigenvalue weighted by molar-refractivity contribution is 0.0835. The molecule has 0 aromatic heterocycles. The topological polar surface area (TPSA) is 58.6 Å². The largest absolute Gasteiger partial charge is 0.490 e. The van der Waals surface area contributed by atoms with Crippen LogP contribution in [0.15, 0.2) is 36.4 Å². The highest BCUT2D eigenvalue weighted by molar-refractivity contribution is 5.83. The zero-order chi connectivity index (χ0) is 14.1. The number of hydrogen-bond acceptors (Lipinski definition) is 2. The van der Waals surface area contributed by atoms with E-state index in [0.29, 0.717) is 18.6 Å². The Hall–Kier alpha value is -2.30. The molecule has 0 heterocycles. The highest BCUT2D eigenvalue weighted by Crippen LogP contribution is 2.28. The average Bonchev–Trinajstić information content (AvgIpc) is 2.35. The van der Waals surface area contributed by atoms with Crippen LogP contribution in [-0.2, 0) is 0 Å². The summed E-state index contributed by atoms with van der Waals surface area (Å²) in [6, 6.07) is 10.1. The minimum Gasteiger partial charge on any atom is -0.490 e. The fourth-order valence-corrected chi connectivity index (χ4v) is 2.42. The van der Waals surface area contributed by atoms with Crippen LogP contribution in [0.2, 0.25) is 0 Å². The van der Waals surface area contributed by atoms with Crippen LogP contribution in [0.5, 0.6) is 5.75 Å². The maximum Gasteiger partial charge on any atom is 0.404 e. The van der Waals surface area contributed by atoms with Crippen LogP contribution in [0.3, 0.4) is 0 Å². The molecule has 1 saturated carbocycles. The molecule has 4 nitrogen and oxygen atoms in total. The zero-order valence-electron chi connectivity index (χ0n) is 10.7. The van der Waals surface area contributed by atoms with Gasteiger partial charge in [0.15, 0.2) is 0 Å². The molecule has 0 saturated heterocycles. The molecule has 0 atom stereocenters. The molecular weight excluding hydrogens is 261 g/mol. The average molecular weight is 275 g/mol. The Morgan fingerprint density at radius 1 is 1.20 bits per heavy atom. The standard InChI is InChI=1S/C15H14FNO3/c16-11-3-1-9-2-4-13(6-10(9)5-11)20-14-7-12(8-14)17-15(18)19/h1-6,12,14,17H,7-8H2,(H,18,19)/t12-,14-. The molecule has 0 unspecified atom stereocenters. The molecule has 5 heteroatoms. The van der Waals surface area contributed by atoms with Crippen LogP contribution < -0.4 is 10.1 Å². The van der Waals surface area contributed by atoms with Gasteiger partial charge in [0.05, 0.1) is 0 Å². The van der Waals surface area contributed by atoms with Crippen molar-refractivity contribution in [2.75, 3.05) is 0 Å². The second-order valence-corrected chi connectivity index (χ2v) is 5.01. The molecule has 1 aliphatic carbocycles. The summed E-state index contributed by atoms with van der Waals surface area (Å²) in [5.41, 5.74) is 0. The van der Waals surface area contributed by atoms with Gasteiger partial charge in [0.1, 0.15) is 17.7 Å². The third kappa shape index (κ3) is 2.66. The van der Waals surface area contributed by atoms with E-state index in [9.17, 15) is 9.18 Å². The molecule has 2 aromatic rings. The summed E-state index contributed by atoms with van der Waals surface area (Å²) in [5, 5.41) is 12.8. The van der Waals surface area contributed by atoms with E-state index in [1.54, 1.807) is 12.1 Å². The molecule has 20 heavy (non-hydrogen) atoms. The van der Waals surface area contributed by atoms with Crippen molar-refractivity contribution in [3.8, 4) is 5.75 Å². The number of carboxylic acid groups (broad SMARTS) is 1. The molecule has 3 rings (SSSR count). The Kier molecular flexibility index (Phi) is 3.18. The van der Waals surface area contributed by atoms with Gasteiger partial charge in [-0.15, -0.1) is 0 Å². The number of benzene rings is 2. The second-order valence-electron chi connectivity index (χ2n) is 5.01. The van der Waals surface area contributed by atoms with Gasteiger partial charge in [0.2, 0.25) is 0 Å². The Bertz CT molecular complexity index is 653. The fraction of sp³-hybridized carbons (Fsp3) is 0.267. The number of rotatable bonds is 3. The van der Waals surface area contributed by atoms with E-state index in [1.807, 2.05) is 12.1 Å². The third-order valence-electron chi connectivity index (χ3n) is 3.50. The van der Waals surface area contributed by atoms with Crippen LogP contribution in [0.25, 0.3) is 10.8 Å². The molecule has 104 valence electrons. The summed E-state index contributed by atoms with van der Waals surface area (Å²) in [4.78, 5) is 10.5. The van der Waals surface area contributed by atoms with Crippen LogP contribution in [0, 0.1) is 5.82 Å². The van der Waals surface area contributed by atoms with E-state index in [1.165, 1.54) is 12.1 Å². The smallest absolute Gasteiger partial charge is 0.404 e. The second kappa shape index (κ2) is 5.00. The highest BCUT2D eigenvalue weighted by Gasteiger charge is 2.31. The first kappa shape index (κ1) is 12.7. The van der Waals surface area contributed by atoms with Gasteiger partial charge in [-0.25, -0.2) is 9.18 Å². The number of ether oxygens (including phenoxy) is 1. The Balaban J connectivity index is 1.65. The van der Waals surface area contributed by atoms with Gasteiger partial charge in [0.25, 0.3) is 0 Å². The molecule has 2 aromatic carbocycles. The van der Waals surface area contributed by atoms with Crippen molar-refractivity contribution in [2.45, 2.75) is 25.0 Å². The van der Waals surface area contributed by atoms with E-state index in [4.69, 9.17) is 9.84 Å². The Labute approximate surface area is 115 Å². The first-order chi connectivity index (χ1) is 9.60. The minimum absolute atomic E-state index is 0.0119. The number of carbonyl (C=O) groups is 1. The van der Waals surface area contributed by atoms with E-state index in [-0.39, 0.29) is 18.0 Å². The first-order valence-corrected chi connectivity index (χ1v) is 6.45. The summed E-state index contributed by atoms with van der Waals surface area (Å²) in [6.07, 6.45) is 0.327. The minimum atomic E-state index is -1.00. The summed E-state index contributed by atoms with van der Waals surface area (Å²) in [6.45, 7) is 0. The van der Waals surface area contributed by atoms with Crippen LogP contribution in [0.4, 0.5) is 9.18 Å². The van der Waals surface area contributed by atoms with Crippen LogP contribution >= 0.6 is 0 Å². The Morgan fingerprint density at radius 2 is 1.95 bits per heavy atom. The van der Waals surface area contributed by atoms with Crippen molar-refractivity contribution in [1.82, 2.24) is 5.32 Å². The molecule has 0 radical (unpaired) electrons. The maximum atomic E-state index is 13.2. The lowest BCUT2D eigenvalue weighted by Crippen LogP contribution is -2.48. The molecule has 1 amide bonds. The molecule has 1 fully saturated rings. The molecule has 1 aliphatic rings. The lowest BCUT2D eigenvalue weighted by atomic mass is 9.89. The van der Waals surface area contributed by atoms with E-state index in [0.717, 1.165) is 10.8 Å². The summed E-state index contributed by atoms with van der Waals surface area (Å²) < 4.78 is 18.9. The number of fused-ring (bicyclic) bond motifs is 1. The number of amides is 1. The van der Waals surface area contributed by atoms with Crippen molar-refractivity contribution in [1.29, 1.82) is 0 Å². The van der Waals surface area contributed by atoms with Gasteiger partial charge in [0, 0.05) is 18.9 Å². The summed E-state index contributed by atoms with van der Waals surface area (Å²) in [5.74, 6) is 0.408. The number of halogens is 1.